The monoisotopic (exact) mass is 599 g/mol. The molecule has 2 atom stereocenters. The molecule has 0 spiro atoms. The lowest BCUT2D eigenvalue weighted by Crippen LogP contribution is -2.54. The van der Waals surface area contributed by atoms with Crippen molar-refractivity contribution in [2.75, 3.05) is 17.1 Å². The van der Waals surface area contributed by atoms with Gasteiger partial charge in [0.15, 0.2) is 0 Å². The van der Waals surface area contributed by atoms with Gasteiger partial charge in [-0.15, -0.1) is 0 Å². The second kappa shape index (κ2) is 13.6. The summed E-state index contributed by atoms with van der Waals surface area (Å²) in [6, 6.07) is 24.8. The first-order chi connectivity index (χ1) is 18.1. The lowest BCUT2D eigenvalue weighted by atomic mass is 10.0. The van der Waals surface area contributed by atoms with E-state index in [1.807, 2.05) is 74.5 Å². The molecule has 3 aromatic rings. The maximum Gasteiger partial charge on any atom is 0.244 e. The second-order valence-electron chi connectivity index (χ2n) is 9.25. The van der Waals surface area contributed by atoms with E-state index < -0.39 is 28.5 Å². The molecule has 0 bridgehead atoms. The number of hydrogen-bond acceptors (Lipinski definition) is 4. The molecule has 0 aliphatic carbocycles. The summed E-state index contributed by atoms with van der Waals surface area (Å²) in [7, 11) is -3.81. The highest BCUT2D eigenvalue weighted by Gasteiger charge is 2.33. The van der Waals surface area contributed by atoms with E-state index in [-0.39, 0.29) is 24.9 Å². The van der Waals surface area contributed by atoms with E-state index in [2.05, 4.69) is 21.2 Å². The Balaban J connectivity index is 2.05. The van der Waals surface area contributed by atoms with E-state index in [0.29, 0.717) is 10.2 Å². The molecule has 38 heavy (non-hydrogen) atoms. The molecule has 2 amide bonds. The first-order valence-electron chi connectivity index (χ1n) is 12.5. The zero-order valence-corrected chi connectivity index (χ0v) is 24.3. The van der Waals surface area contributed by atoms with Crippen molar-refractivity contribution in [3.63, 3.8) is 0 Å². The van der Waals surface area contributed by atoms with Gasteiger partial charge in [-0.2, -0.15) is 0 Å². The number of sulfonamides is 1. The van der Waals surface area contributed by atoms with Gasteiger partial charge in [-0.25, -0.2) is 8.42 Å². The topological polar surface area (TPSA) is 86.8 Å². The van der Waals surface area contributed by atoms with Crippen LogP contribution in [0, 0.1) is 0 Å². The summed E-state index contributed by atoms with van der Waals surface area (Å²) in [4.78, 5) is 29.1. The molecule has 3 rings (SSSR count). The van der Waals surface area contributed by atoms with Crippen LogP contribution in [-0.4, -0.2) is 50.0 Å². The highest BCUT2D eigenvalue weighted by Crippen LogP contribution is 2.28. The van der Waals surface area contributed by atoms with Gasteiger partial charge in [0.25, 0.3) is 0 Å². The smallest absolute Gasteiger partial charge is 0.244 e. The summed E-state index contributed by atoms with van der Waals surface area (Å²) in [6.45, 7) is 3.60. The number of hydrogen-bond donors (Lipinski definition) is 1. The maximum absolute atomic E-state index is 14.0. The Morgan fingerprint density at radius 1 is 0.895 bits per heavy atom. The molecule has 9 heteroatoms. The van der Waals surface area contributed by atoms with Gasteiger partial charge < -0.3 is 10.2 Å². The molecule has 7 nitrogen and oxygen atoms in total. The number of para-hydroxylation sites is 1. The van der Waals surface area contributed by atoms with Crippen LogP contribution in [0.4, 0.5) is 5.69 Å². The first kappa shape index (κ1) is 29.4. The molecule has 3 aromatic carbocycles. The fourth-order valence-corrected chi connectivity index (χ4v) is 5.50. The van der Waals surface area contributed by atoms with Crippen molar-refractivity contribution >= 4 is 43.5 Å². The van der Waals surface area contributed by atoms with Gasteiger partial charge in [-0.3, -0.25) is 13.9 Å². The van der Waals surface area contributed by atoms with Gasteiger partial charge >= 0.3 is 0 Å². The minimum absolute atomic E-state index is 0.0813. The Morgan fingerprint density at radius 3 is 2.00 bits per heavy atom. The molecule has 0 heterocycles. The van der Waals surface area contributed by atoms with Crippen LogP contribution < -0.4 is 9.62 Å². The van der Waals surface area contributed by atoms with Gasteiger partial charge in [0.1, 0.15) is 12.6 Å². The number of halogens is 1. The van der Waals surface area contributed by atoms with Crippen LogP contribution in [0.15, 0.2) is 89.4 Å². The molecular weight excluding hydrogens is 566 g/mol. The van der Waals surface area contributed by atoms with Crippen molar-refractivity contribution in [1.29, 1.82) is 0 Å². The third-order valence-corrected chi connectivity index (χ3v) is 8.07. The van der Waals surface area contributed by atoms with E-state index in [1.54, 1.807) is 24.3 Å². The lowest BCUT2D eigenvalue weighted by Gasteiger charge is -2.34. The number of rotatable bonds is 12. The number of benzene rings is 3. The van der Waals surface area contributed by atoms with Crippen molar-refractivity contribution in [3.8, 4) is 0 Å². The predicted molar refractivity (Wildman–Crippen MR) is 155 cm³/mol. The molecule has 0 radical (unpaired) electrons. The number of nitrogens with zero attached hydrogens (tertiary/aromatic N) is 2. The van der Waals surface area contributed by atoms with E-state index >= 15 is 0 Å². The van der Waals surface area contributed by atoms with Crippen LogP contribution in [-0.2, 0) is 32.6 Å². The summed E-state index contributed by atoms with van der Waals surface area (Å²) >= 11 is 3.41. The van der Waals surface area contributed by atoms with Crippen molar-refractivity contribution in [2.24, 2.45) is 0 Å². The van der Waals surface area contributed by atoms with Crippen molar-refractivity contribution in [3.05, 3.63) is 101 Å². The number of amides is 2. The minimum atomic E-state index is -3.81. The highest BCUT2D eigenvalue weighted by atomic mass is 79.9. The SMILES string of the molecule is CCC(C)NC(=O)C(Cc1ccccc1)N(Cc1ccccc1)C(=O)CN(c1ccccc1Br)S(C)(=O)=O. The molecule has 0 aliphatic heterocycles. The van der Waals surface area contributed by atoms with E-state index in [1.165, 1.54) is 4.90 Å². The number of carbonyl (C=O) groups excluding carboxylic acids is 2. The Labute approximate surface area is 234 Å². The predicted octanol–water partition coefficient (Wildman–Crippen LogP) is 4.77. The Morgan fingerprint density at radius 2 is 1.45 bits per heavy atom. The van der Waals surface area contributed by atoms with E-state index in [4.69, 9.17) is 0 Å². The quantitative estimate of drug-likeness (QED) is 0.325. The Bertz CT molecular complexity index is 1320. The zero-order chi connectivity index (χ0) is 27.7. The van der Waals surface area contributed by atoms with Crippen molar-refractivity contribution in [2.45, 2.75) is 45.3 Å². The molecule has 0 aromatic heterocycles. The van der Waals surface area contributed by atoms with E-state index in [0.717, 1.165) is 28.1 Å². The first-order valence-corrected chi connectivity index (χ1v) is 15.1. The Hall–Kier alpha value is -3.17. The van der Waals surface area contributed by atoms with Crippen LogP contribution in [0.25, 0.3) is 0 Å². The fourth-order valence-electron chi connectivity index (χ4n) is 4.02. The maximum atomic E-state index is 14.0. The lowest BCUT2D eigenvalue weighted by molar-refractivity contribution is -0.140. The number of anilines is 1. The minimum Gasteiger partial charge on any atom is -0.352 e. The number of carbonyl (C=O) groups is 2. The van der Waals surface area contributed by atoms with Crippen molar-refractivity contribution < 1.29 is 18.0 Å². The average Bonchev–Trinajstić information content (AvgIpc) is 2.90. The molecule has 2 unspecified atom stereocenters. The van der Waals surface area contributed by atoms with Gasteiger partial charge in [0.05, 0.1) is 11.9 Å². The van der Waals surface area contributed by atoms with E-state index in [9.17, 15) is 18.0 Å². The summed E-state index contributed by atoms with van der Waals surface area (Å²) in [5, 5.41) is 3.02. The summed E-state index contributed by atoms with van der Waals surface area (Å²) in [6.07, 6.45) is 2.09. The summed E-state index contributed by atoms with van der Waals surface area (Å²) < 4.78 is 27.3. The van der Waals surface area contributed by atoms with Crippen molar-refractivity contribution in [1.82, 2.24) is 10.2 Å². The van der Waals surface area contributed by atoms with Crippen LogP contribution in [0.2, 0.25) is 0 Å². The third kappa shape index (κ3) is 8.16. The second-order valence-corrected chi connectivity index (χ2v) is 12.0. The van der Waals surface area contributed by atoms with Gasteiger partial charge in [0, 0.05) is 23.5 Å². The molecule has 0 aliphatic rings. The molecule has 0 saturated heterocycles. The van der Waals surface area contributed by atoms with Crippen LogP contribution >= 0.6 is 15.9 Å². The Kier molecular flexibility index (Phi) is 10.5. The standard InChI is InChI=1S/C29H34BrN3O4S/c1-4-22(2)31-29(35)27(19-23-13-7-5-8-14-23)32(20-24-15-9-6-10-16-24)28(34)21-33(38(3,36)37)26-18-12-11-17-25(26)30/h5-18,22,27H,4,19-21H2,1-3H3,(H,31,35). The van der Waals surface area contributed by atoms with Gasteiger partial charge in [0.2, 0.25) is 21.8 Å². The summed E-state index contributed by atoms with van der Waals surface area (Å²) in [5.74, 6) is -0.755. The number of nitrogens with one attached hydrogen (secondary N) is 1. The largest absolute Gasteiger partial charge is 0.352 e. The molecule has 0 fully saturated rings. The third-order valence-electron chi connectivity index (χ3n) is 6.27. The van der Waals surface area contributed by atoms with Crippen LogP contribution in [0.5, 0.6) is 0 Å². The summed E-state index contributed by atoms with van der Waals surface area (Å²) in [5.41, 5.74) is 2.09. The molecule has 0 saturated carbocycles. The van der Waals surface area contributed by atoms with Crippen LogP contribution in [0.1, 0.15) is 31.4 Å². The van der Waals surface area contributed by atoms with Crippen LogP contribution in [0.3, 0.4) is 0 Å². The molecule has 1 N–H and O–H groups in total. The average molecular weight is 601 g/mol. The molecular formula is C29H34BrN3O4S. The zero-order valence-electron chi connectivity index (χ0n) is 21.9. The normalized spacial score (nSPS) is 12.8. The highest BCUT2D eigenvalue weighted by molar-refractivity contribution is 9.10. The van der Waals surface area contributed by atoms with Gasteiger partial charge in [-0.1, -0.05) is 79.7 Å². The van der Waals surface area contributed by atoms with Gasteiger partial charge in [-0.05, 0) is 52.5 Å². The molecule has 202 valence electrons. The fraction of sp³-hybridized carbons (Fsp3) is 0.310.